The number of rotatable bonds is 14. The van der Waals surface area contributed by atoms with E-state index in [0.717, 1.165) is 89.9 Å². The van der Waals surface area contributed by atoms with E-state index in [4.69, 9.17) is 19.2 Å². The van der Waals surface area contributed by atoms with Gasteiger partial charge in [0.2, 0.25) is 0 Å². The van der Waals surface area contributed by atoms with Crippen LogP contribution in [0.15, 0.2) is 79.4 Å². The number of benzene rings is 3. The minimum absolute atomic E-state index is 0.464. The van der Waals surface area contributed by atoms with Gasteiger partial charge in [0.25, 0.3) is 0 Å². The first kappa shape index (κ1) is 32.8. The van der Waals surface area contributed by atoms with Gasteiger partial charge in [-0.1, -0.05) is 61.9 Å². The molecule has 0 atom stereocenters. The number of unbranched alkanes of at least 4 members (excludes halogenated alkanes) is 3. The molecule has 0 saturated carbocycles. The predicted molar refractivity (Wildman–Crippen MR) is 182 cm³/mol. The summed E-state index contributed by atoms with van der Waals surface area (Å²) in [4.78, 5) is 21.7. The molecule has 5 aromatic rings. The van der Waals surface area contributed by atoms with Crippen LogP contribution in [0.2, 0.25) is 0 Å². The number of carbonyl (C=O) groups excluding carboxylic acids is 1. The van der Waals surface area contributed by atoms with Crippen LogP contribution in [-0.4, -0.2) is 37.5 Å². The molecule has 0 aliphatic heterocycles. The van der Waals surface area contributed by atoms with E-state index in [1.165, 1.54) is 0 Å². The van der Waals surface area contributed by atoms with Crippen LogP contribution in [0, 0.1) is 6.92 Å². The van der Waals surface area contributed by atoms with Crippen LogP contribution < -0.4 is 9.47 Å². The Morgan fingerprint density at radius 2 is 1.72 bits per heavy atom. The van der Waals surface area contributed by atoms with Gasteiger partial charge in [-0.25, -0.2) is 14.8 Å². The van der Waals surface area contributed by atoms with E-state index in [1.54, 1.807) is 6.07 Å². The van der Waals surface area contributed by atoms with Crippen molar-refractivity contribution in [2.75, 3.05) is 6.61 Å². The van der Waals surface area contributed by atoms with E-state index in [9.17, 15) is 4.79 Å². The van der Waals surface area contributed by atoms with Crippen molar-refractivity contribution in [3.05, 3.63) is 96.3 Å². The largest absolute Gasteiger partial charge is 0.514 e. The third kappa shape index (κ3) is 8.56. The van der Waals surface area contributed by atoms with Crippen LogP contribution in [0.1, 0.15) is 76.8 Å². The van der Waals surface area contributed by atoms with Crippen LogP contribution in [0.3, 0.4) is 0 Å². The lowest BCUT2D eigenvalue weighted by Crippen LogP contribution is -2.26. The van der Waals surface area contributed by atoms with Crippen molar-refractivity contribution in [3.63, 3.8) is 0 Å². The molecule has 3 aromatic carbocycles. The third-order valence-corrected chi connectivity index (χ3v) is 7.85. The summed E-state index contributed by atoms with van der Waals surface area (Å²) in [5, 5.41) is 0. The van der Waals surface area contributed by atoms with Crippen molar-refractivity contribution >= 4 is 17.2 Å². The Bertz CT molecular complexity index is 1720. The molecular formula is C38H46N4O4. The molecule has 2 aromatic heterocycles. The first-order valence-electron chi connectivity index (χ1n) is 16.4. The SMILES string of the molecule is CCCCc1nc2c(C)ccc(OCCCCCn3ccnc3)c2n1Cc1ccc(-c2ccccc2OC(=O)OC(C)(C)C)cc1. The van der Waals surface area contributed by atoms with Crippen molar-refractivity contribution in [2.24, 2.45) is 0 Å². The first-order valence-corrected chi connectivity index (χ1v) is 16.4. The fourth-order valence-electron chi connectivity index (χ4n) is 5.50. The Balaban J connectivity index is 1.34. The van der Waals surface area contributed by atoms with Crippen LogP contribution in [0.25, 0.3) is 22.2 Å². The minimum atomic E-state index is -0.717. The molecule has 0 saturated heterocycles. The average molecular weight is 623 g/mol. The van der Waals surface area contributed by atoms with E-state index in [2.05, 4.69) is 64.4 Å². The summed E-state index contributed by atoms with van der Waals surface area (Å²) in [6.45, 7) is 12.1. The topological polar surface area (TPSA) is 80.4 Å². The summed E-state index contributed by atoms with van der Waals surface area (Å²) < 4.78 is 21.8. The van der Waals surface area contributed by atoms with E-state index in [-0.39, 0.29) is 0 Å². The van der Waals surface area contributed by atoms with Crippen molar-refractivity contribution in [2.45, 2.75) is 91.8 Å². The Morgan fingerprint density at radius 3 is 2.46 bits per heavy atom. The Labute approximate surface area is 272 Å². The van der Waals surface area contributed by atoms with Crippen LogP contribution in [0.4, 0.5) is 4.79 Å². The molecule has 46 heavy (non-hydrogen) atoms. The van der Waals surface area contributed by atoms with E-state index in [1.807, 2.05) is 57.7 Å². The van der Waals surface area contributed by atoms with Crippen molar-refractivity contribution in [1.29, 1.82) is 0 Å². The maximum absolute atomic E-state index is 12.4. The van der Waals surface area contributed by atoms with E-state index >= 15 is 0 Å². The molecule has 5 rings (SSSR count). The van der Waals surface area contributed by atoms with Gasteiger partial charge in [-0.05, 0) is 82.2 Å². The number of carbonyl (C=O) groups is 1. The van der Waals surface area contributed by atoms with E-state index in [0.29, 0.717) is 18.9 Å². The summed E-state index contributed by atoms with van der Waals surface area (Å²) in [7, 11) is 0. The number of ether oxygens (including phenoxy) is 3. The van der Waals surface area contributed by atoms with Gasteiger partial charge in [0, 0.05) is 37.5 Å². The molecule has 0 spiro atoms. The fourth-order valence-corrected chi connectivity index (χ4v) is 5.50. The molecule has 0 fully saturated rings. The van der Waals surface area contributed by atoms with E-state index < -0.39 is 11.8 Å². The molecule has 0 aliphatic rings. The van der Waals surface area contributed by atoms with Gasteiger partial charge in [0.05, 0.1) is 18.5 Å². The molecule has 0 unspecified atom stereocenters. The number of imidazole rings is 2. The zero-order valence-corrected chi connectivity index (χ0v) is 27.8. The maximum atomic E-state index is 12.4. The average Bonchev–Trinajstić information content (AvgIpc) is 3.67. The number of aryl methyl sites for hydroxylation is 3. The summed E-state index contributed by atoms with van der Waals surface area (Å²) in [6.07, 6.45) is 11.2. The second kappa shape index (κ2) is 15.1. The fraction of sp³-hybridized carbons (Fsp3) is 0.395. The molecule has 8 heteroatoms. The molecule has 0 N–H and O–H groups in total. The van der Waals surface area contributed by atoms with Gasteiger partial charge in [-0.15, -0.1) is 0 Å². The molecule has 0 aliphatic carbocycles. The smallest absolute Gasteiger partial charge is 0.491 e. The zero-order chi connectivity index (χ0) is 32.5. The van der Waals surface area contributed by atoms with Crippen LogP contribution in [0.5, 0.6) is 11.5 Å². The highest BCUT2D eigenvalue weighted by atomic mass is 16.7. The highest BCUT2D eigenvalue weighted by Crippen LogP contribution is 2.33. The Hall–Kier alpha value is -4.59. The summed E-state index contributed by atoms with van der Waals surface area (Å²) in [5.74, 6) is 2.43. The highest BCUT2D eigenvalue weighted by molar-refractivity contribution is 5.86. The molecule has 2 heterocycles. The predicted octanol–water partition coefficient (Wildman–Crippen LogP) is 9.16. The van der Waals surface area contributed by atoms with Gasteiger partial charge in [-0.2, -0.15) is 0 Å². The van der Waals surface area contributed by atoms with Crippen molar-refractivity contribution in [3.8, 4) is 22.6 Å². The maximum Gasteiger partial charge on any atom is 0.514 e. The van der Waals surface area contributed by atoms with Crippen LogP contribution in [-0.2, 0) is 24.2 Å². The quantitative estimate of drug-likeness (QED) is 0.0698. The van der Waals surface area contributed by atoms with Gasteiger partial charge < -0.3 is 23.3 Å². The number of hydrogen-bond acceptors (Lipinski definition) is 6. The van der Waals surface area contributed by atoms with Crippen LogP contribution >= 0.6 is 0 Å². The Kier molecular flexibility index (Phi) is 10.8. The highest BCUT2D eigenvalue weighted by Gasteiger charge is 2.20. The van der Waals surface area contributed by atoms with Gasteiger partial charge >= 0.3 is 6.16 Å². The number of hydrogen-bond donors (Lipinski definition) is 0. The molecule has 0 bridgehead atoms. The molecule has 0 radical (unpaired) electrons. The normalized spacial score (nSPS) is 11.6. The zero-order valence-electron chi connectivity index (χ0n) is 27.8. The molecule has 242 valence electrons. The second-order valence-corrected chi connectivity index (χ2v) is 12.8. The molecular weight excluding hydrogens is 576 g/mol. The number of para-hydroxylation sites is 1. The van der Waals surface area contributed by atoms with Gasteiger partial charge in [-0.3, -0.25) is 0 Å². The monoisotopic (exact) mass is 622 g/mol. The first-order chi connectivity index (χ1) is 22.2. The summed E-state index contributed by atoms with van der Waals surface area (Å²) in [6, 6.07) is 20.1. The summed E-state index contributed by atoms with van der Waals surface area (Å²) >= 11 is 0. The standard InChI is InChI=1S/C38H46N4O4/c1-6-7-15-34-40-35-28(2)16-21-33(44-25-12-8-11-23-41-24-22-39-27-41)36(35)42(34)26-29-17-19-30(20-18-29)31-13-9-10-14-32(31)45-37(43)46-38(3,4)5/h9-10,13-14,16-22,24,27H,6-8,11-12,15,23,25-26H2,1-5H3. The summed E-state index contributed by atoms with van der Waals surface area (Å²) in [5.41, 5.74) is 5.52. The van der Waals surface area contributed by atoms with Gasteiger partial charge in [0.1, 0.15) is 28.4 Å². The second-order valence-electron chi connectivity index (χ2n) is 12.8. The lowest BCUT2D eigenvalue weighted by Gasteiger charge is -2.19. The molecule has 8 nitrogen and oxygen atoms in total. The minimum Gasteiger partial charge on any atom is -0.491 e. The molecule has 0 amide bonds. The third-order valence-electron chi connectivity index (χ3n) is 7.85. The van der Waals surface area contributed by atoms with Crippen molar-refractivity contribution in [1.82, 2.24) is 19.1 Å². The number of fused-ring (bicyclic) bond motifs is 1. The number of aromatic nitrogens is 4. The lowest BCUT2D eigenvalue weighted by molar-refractivity contribution is 0.0207. The number of nitrogens with zero attached hydrogens (tertiary/aromatic N) is 4. The van der Waals surface area contributed by atoms with Crippen molar-refractivity contribution < 1.29 is 19.0 Å². The Morgan fingerprint density at radius 1 is 0.913 bits per heavy atom. The lowest BCUT2D eigenvalue weighted by atomic mass is 10.0. The van der Waals surface area contributed by atoms with Gasteiger partial charge in [0.15, 0.2) is 0 Å².